The number of carbonyl (C=O) groups excluding carboxylic acids is 1. The first-order valence-electron chi connectivity index (χ1n) is 6.16. The van der Waals surface area contributed by atoms with Gasteiger partial charge in [-0.3, -0.25) is 4.79 Å². The van der Waals surface area contributed by atoms with E-state index in [-0.39, 0.29) is 5.78 Å². The van der Waals surface area contributed by atoms with E-state index >= 15 is 0 Å². The number of carbonyl (C=O) groups is 1. The highest BCUT2D eigenvalue weighted by atomic mass is 79.9. The second kappa shape index (κ2) is 5.91. The SMILES string of the molecule is COc1ccc(C(=O)c2csc3c(Br)cccc23)cc1Br. The largest absolute Gasteiger partial charge is 0.496 e. The van der Waals surface area contributed by atoms with E-state index in [9.17, 15) is 4.79 Å². The first-order valence-corrected chi connectivity index (χ1v) is 8.62. The molecule has 21 heavy (non-hydrogen) atoms. The third-order valence-corrected chi connectivity index (χ3v) is 5.78. The Kier molecular flexibility index (Phi) is 4.15. The molecule has 3 rings (SSSR count). The maximum absolute atomic E-state index is 12.7. The Morgan fingerprint density at radius 1 is 1.14 bits per heavy atom. The van der Waals surface area contributed by atoms with Crippen molar-refractivity contribution in [1.29, 1.82) is 0 Å². The molecule has 0 amide bonds. The van der Waals surface area contributed by atoms with E-state index in [2.05, 4.69) is 31.9 Å². The molecule has 1 heterocycles. The lowest BCUT2D eigenvalue weighted by Gasteiger charge is -2.05. The third-order valence-electron chi connectivity index (χ3n) is 3.21. The van der Waals surface area contributed by atoms with Gasteiger partial charge in [-0.05, 0) is 56.1 Å². The molecule has 0 aliphatic carbocycles. The average molecular weight is 426 g/mol. The van der Waals surface area contributed by atoms with Crippen molar-refractivity contribution in [1.82, 2.24) is 0 Å². The fourth-order valence-corrected chi connectivity index (χ4v) is 4.30. The van der Waals surface area contributed by atoms with Crippen LogP contribution in [-0.2, 0) is 0 Å². The van der Waals surface area contributed by atoms with Gasteiger partial charge >= 0.3 is 0 Å². The number of methoxy groups -OCH3 is 1. The Labute approximate surface area is 143 Å². The fraction of sp³-hybridized carbons (Fsp3) is 0.0625. The van der Waals surface area contributed by atoms with Gasteiger partial charge in [0, 0.05) is 31.1 Å². The molecule has 0 atom stereocenters. The molecule has 106 valence electrons. The van der Waals surface area contributed by atoms with Crippen molar-refractivity contribution in [3.63, 3.8) is 0 Å². The quantitative estimate of drug-likeness (QED) is 0.505. The number of rotatable bonds is 3. The summed E-state index contributed by atoms with van der Waals surface area (Å²) in [4.78, 5) is 12.7. The molecule has 0 aliphatic heterocycles. The molecule has 0 bridgehead atoms. The predicted octanol–water partition coefficient (Wildman–Crippen LogP) is 5.67. The second-order valence-electron chi connectivity index (χ2n) is 4.44. The van der Waals surface area contributed by atoms with E-state index in [0.29, 0.717) is 11.3 Å². The molecule has 0 saturated carbocycles. The minimum absolute atomic E-state index is 0.0164. The van der Waals surface area contributed by atoms with Crippen LogP contribution in [0, 0.1) is 0 Å². The zero-order valence-electron chi connectivity index (χ0n) is 11.0. The van der Waals surface area contributed by atoms with Gasteiger partial charge in [0.2, 0.25) is 0 Å². The van der Waals surface area contributed by atoms with Gasteiger partial charge in [-0.15, -0.1) is 11.3 Å². The molecule has 0 saturated heterocycles. The summed E-state index contributed by atoms with van der Waals surface area (Å²) >= 11 is 8.51. The summed E-state index contributed by atoms with van der Waals surface area (Å²) in [6.45, 7) is 0. The lowest BCUT2D eigenvalue weighted by atomic mass is 10.0. The van der Waals surface area contributed by atoms with Crippen molar-refractivity contribution in [3.8, 4) is 5.75 Å². The number of ether oxygens (including phenoxy) is 1. The van der Waals surface area contributed by atoms with Gasteiger partial charge in [-0.25, -0.2) is 0 Å². The molecule has 0 spiro atoms. The van der Waals surface area contributed by atoms with E-state index in [1.165, 1.54) is 0 Å². The van der Waals surface area contributed by atoms with Gasteiger partial charge < -0.3 is 4.74 Å². The highest BCUT2D eigenvalue weighted by molar-refractivity contribution is 9.11. The van der Waals surface area contributed by atoms with Gasteiger partial charge in [0.1, 0.15) is 5.75 Å². The second-order valence-corrected chi connectivity index (χ2v) is 7.03. The lowest BCUT2D eigenvalue weighted by molar-refractivity contribution is 0.104. The predicted molar refractivity (Wildman–Crippen MR) is 93.7 cm³/mol. The Morgan fingerprint density at radius 2 is 1.95 bits per heavy atom. The topological polar surface area (TPSA) is 26.3 Å². The molecule has 0 fully saturated rings. The maximum atomic E-state index is 12.7. The number of benzene rings is 2. The normalized spacial score (nSPS) is 10.8. The highest BCUT2D eigenvalue weighted by Crippen LogP contribution is 2.34. The minimum atomic E-state index is 0.0164. The number of hydrogen-bond donors (Lipinski definition) is 0. The number of halogens is 2. The van der Waals surface area contributed by atoms with Crippen molar-refractivity contribution in [2.45, 2.75) is 0 Å². The van der Waals surface area contributed by atoms with Crippen LogP contribution >= 0.6 is 43.2 Å². The number of hydrogen-bond acceptors (Lipinski definition) is 3. The summed E-state index contributed by atoms with van der Waals surface area (Å²) in [6.07, 6.45) is 0. The minimum Gasteiger partial charge on any atom is -0.496 e. The first kappa shape index (κ1) is 14.8. The highest BCUT2D eigenvalue weighted by Gasteiger charge is 2.16. The van der Waals surface area contributed by atoms with Crippen LogP contribution in [0.25, 0.3) is 10.1 Å². The van der Waals surface area contributed by atoms with Crippen LogP contribution in [0.5, 0.6) is 5.75 Å². The van der Waals surface area contributed by atoms with E-state index in [1.54, 1.807) is 36.6 Å². The molecule has 3 aromatic rings. The standard InChI is InChI=1S/C16H10Br2O2S/c1-20-14-6-5-9(7-13(14)18)15(19)11-8-21-16-10(11)3-2-4-12(16)17/h2-8H,1H3. The van der Waals surface area contributed by atoms with E-state index < -0.39 is 0 Å². The Bertz CT molecular complexity index is 839. The zero-order valence-corrected chi connectivity index (χ0v) is 15.0. The van der Waals surface area contributed by atoms with Gasteiger partial charge in [-0.1, -0.05) is 12.1 Å². The molecule has 0 unspecified atom stereocenters. The van der Waals surface area contributed by atoms with Crippen molar-refractivity contribution >= 4 is 59.1 Å². The lowest BCUT2D eigenvalue weighted by Crippen LogP contribution is -2.00. The van der Waals surface area contributed by atoms with E-state index in [1.807, 2.05) is 23.6 Å². The van der Waals surface area contributed by atoms with E-state index in [0.717, 1.165) is 24.6 Å². The molecular weight excluding hydrogens is 416 g/mol. The van der Waals surface area contributed by atoms with Gasteiger partial charge in [-0.2, -0.15) is 0 Å². The summed E-state index contributed by atoms with van der Waals surface area (Å²) in [7, 11) is 1.60. The van der Waals surface area contributed by atoms with Crippen LogP contribution in [0.1, 0.15) is 15.9 Å². The van der Waals surface area contributed by atoms with E-state index in [4.69, 9.17) is 4.74 Å². The fourth-order valence-electron chi connectivity index (χ4n) is 2.16. The van der Waals surface area contributed by atoms with Gasteiger partial charge in [0.05, 0.1) is 11.6 Å². The van der Waals surface area contributed by atoms with Crippen LogP contribution in [0.15, 0.2) is 50.7 Å². The molecule has 0 N–H and O–H groups in total. The van der Waals surface area contributed by atoms with Crippen LogP contribution in [0.2, 0.25) is 0 Å². The summed E-state index contributed by atoms with van der Waals surface area (Å²) < 4.78 is 8.07. The number of fused-ring (bicyclic) bond motifs is 1. The maximum Gasteiger partial charge on any atom is 0.194 e. The Morgan fingerprint density at radius 3 is 2.67 bits per heavy atom. The molecule has 0 aliphatic rings. The average Bonchev–Trinajstić information content (AvgIpc) is 2.92. The first-order chi connectivity index (χ1) is 10.1. The summed E-state index contributed by atoms with van der Waals surface area (Å²) in [6, 6.07) is 11.3. The van der Waals surface area contributed by atoms with Crippen molar-refractivity contribution in [2.24, 2.45) is 0 Å². The molecule has 2 nitrogen and oxygen atoms in total. The summed E-state index contributed by atoms with van der Waals surface area (Å²) in [5, 5.41) is 2.89. The summed E-state index contributed by atoms with van der Waals surface area (Å²) in [5.41, 5.74) is 1.37. The zero-order chi connectivity index (χ0) is 15.0. The van der Waals surface area contributed by atoms with Crippen LogP contribution in [-0.4, -0.2) is 12.9 Å². The van der Waals surface area contributed by atoms with Gasteiger partial charge in [0.25, 0.3) is 0 Å². The Hall–Kier alpha value is -1.17. The molecule has 1 aromatic heterocycles. The molecule has 5 heteroatoms. The van der Waals surface area contributed by atoms with Gasteiger partial charge in [0.15, 0.2) is 5.78 Å². The van der Waals surface area contributed by atoms with Crippen molar-refractivity contribution in [2.75, 3.05) is 7.11 Å². The van der Waals surface area contributed by atoms with Crippen LogP contribution in [0.4, 0.5) is 0 Å². The van der Waals surface area contributed by atoms with Crippen LogP contribution < -0.4 is 4.74 Å². The molecular formula is C16H10Br2O2S. The number of thiophene rings is 1. The Balaban J connectivity index is 2.08. The molecule has 0 radical (unpaired) electrons. The third kappa shape index (κ3) is 2.65. The van der Waals surface area contributed by atoms with Crippen molar-refractivity contribution in [3.05, 3.63) is 61.9 Å². The monoisotopic (exact) mass is 424 g/mol. The summed E-state index contributed by atoms with van der Waals surface area (Å²) in [5.74, 6) is 0.729. The number of ketones is 1. The van der Waals surface area contributed by atoms with Crippen molar-refractivity contribution < 1.29 is 9.53 Å². The smallest absolute Gasteiger partial charge is 0.194 e. The van der Waals surface area contributed by atoms with Crippen LogP contribution in [0.3, 0.4) is 0 Å². The molecule has 2 aromatic carbocycles.